The van der Waals surface area contributed by atoms with Crippen LogP contribution in [0.4, 0.5) is 0 Å². The standard InChI is InChI=1S/C23H48/c1-9-11-12-14-21(13-10-2)17-22(15-19(3)4)16-20(5)18-23(6,7)8/h19-22H,9-18H2,1-8H3. The predicted molar refractivity (Wildman–Crippen MR) is 108 cm³/mol. The van der Waals surface area contributed by atoms with Crippen LogP contribution < -0.4 is 0 Å². The maximum absolute atomic E-state index is 2.49. The summed E-state index contributed by atoms with van der Waals surface area (Å²) in [7, 11) is 0. The highest BCUT2D eigenvalue weighted by Gasteiger charge is 2.22. The Bertz CT molecular complexity index is 258. The predicted octanol–water partition coefficient (Wildman–Crippen LogP) is 8.50. The number of hydrogen-bond acceptors (Lipinski definition) is 0. The maximum atomic E-state index is 2.49. The number of hydrogen-bond donors (Lipinski definition) is 0. The molecule has 0 heterocycles. The minimum Gasteiger partial charge on any atom is -0.0654 e. The zero-order valence-corrected chi connectivity index (χ0v) is 17.9. The van der Waals surface area contributed by atoms with Crippen LogP contribution in [0.5, 0.6) is 0 Å². The number of rotatable bonds is 13. The molecule has 0 radical (unpaired) electrons. The van der Waals surface area contributed by atoms with E-state index in [1.165, 1.54) is 64.2 Å². The van der Waals surface area contributed by atoms with Crippen LogP contribution in [0.15, 0.2) is 0 Å². The Labute approximate surface area is 149 Å². The van der Waals surface area contributed by atoms with Crippen molar-refractivity contribution in [3.05, 3.63) is 0 Å². The van der Waals surface area contributed by atoms with Crippen LogP contribution in [0.3, 0.4) is 0 Å². The highest BCUT2D eigenvalue weighted by molar-refractivity contribution is 4.74. The van der Waals surface area contributed by atoms with E-state index in [-0.39, 0.29) is 0 Å². The molecule has 0 aliphatic heterocycles. The highest BCUT2D eigenvalue weighted by atomic mass is 14.3. The molecule has 0 aliphatic rings. The first-order valence-electron chi connectivity index (χ1n) is 10.7. The molecule has 0 aromatic carbocycles. The Morgan fingerprint density at radius 3 is 1.83 bits per heavy atom. The lowest BCUT2D eigenvalue weighted by molar-refractivity contribution is 0.218. The van der Waals surface area contributed by atoms with Crippen molar-refractivity contribution in [2.45, 2.75) is 120 Å². The first-order valence-corrected chi connectivity index (χ1v) is 10.7. The van der Waals surface area contributed by atoms with Gasteiger partial charge in [0.15, 0.2) is 0 Å². The number of unbranched alkanes of at least 4 members (excludes halogenated alkanes) is 2. The SMILES string of the molecule is CCCCCC(CCC)CC(CC(C)C)CC(C)CC(C)(C)C. The van der Waals surface area contributed by atoms with E-state index < -0.39 is 0 Å². The van der Waals surface area contributed by atoms with E-state index in [9.17, 15) is 0 Å². The summed E-state index contributed by atoms with van der Waals surface area (Å²) in [6, 6.07) is 0. The van der Waals surface area contributed by atoms with Gasteiger partial charge in [-0.25, -0.2) is 0 Å². The Morgan fingerprint density at radius 1 is 0.696 bits per heavy atom. The molecule has 0 saturated heterocycles. The molecule has 0 bridgehead atoms. The van der Waals surface area contributed by atoms with E-state index in [1.807, 2.05) is 0 Å². The van der Waals surface area contributed by atoms with E-state index in [1.54, 1.807) is 0 Å². The van der Waals surface area contributed by atoms with Gasteiger partial charge in [0.25, 0.3) is 0 Å². The van der Waals surface area contributed by atoms with Crippen molar-refractivity contribution < 1.29 is 0 Å². The Morgan fingerprint density at radius 2 is 1.35 bits per heavy atom. The second-order valence-electron chi connectivity index (χ2n) is 9.99. The van der Waals surface area contributed by atoms with Crippen LogP contribution in [0.1, 0.15) is 120 Å². The highest BCUT2D eigenvalue weighted by Crippen LogP contribution is 2.34. The molecule has 0 nitrogen and oxygen atoms in total. The summed E-state index contributed by atoms with van der Waals surface area (Å²) in [4.78, 5) is 0. The van der Waals surface area contributed by atoms with Gasteiger partial charge in [0.05, 0.1) is 0 Å². The van der Waals surface area contributed by atoms with Crippen molar-refractivity contribution in [3.8, 4) is 0 Å². The van der Waals surface area contributed by atoms with E-state index >= 15 is 0 Å². The fraction of sp³-hybridized carbons (Fsp3) is 1.00. The van der Waals surface area contributed by atoms with E-state index in [0.717, 1.165) is 23.7 Å². The van der Waals surface area contributed by atoms with Gasteiger partial charge in [-0.3, -0.25) is 0 Å². The van der Waals surface area contributed by atoms with Gasteiger partial charge in [0.2, 0.25) is 0 Å². The molecule has 0 N–H and O–H groups in total. The first kappa shape index (κ1) is 23.0. The lowest BCUT2D eigenvalue weighted by Crippen LogP contribution is -2.18. The normalized spacial score (nSPS) is 16.6. The Kier molecular flexibility index (Phi) is 12.4. The van der Waals surface area contributed by atoms with E-state index in [4.69, 9.17) is 0 Å². The largest absolute Gasteiger partial charge is 0.0654 e. The van der Waals surface area contributed by atoms with Crippen LogP contribution in [-0.4, -0.2) is 0 Å². The van der Waals surface area contributed by atoms with Gasteiger partial charge in [0, 0.05) is 0 Å². The molecule has 3 unspecified atom stereocenters. The lowest BCUT2D eigenvalue weighted by Gasteiger charge is -2.30. The van der Waals surface area contributed by atoms with Gasteiger partial charge in [-0.15, -0.1) is 0 Å². The lowest BCUT2D eigenvalue weighted by atomic mass is 9.76. The molecular weight excluding hydrogens is 276 g/mol. The zero-order valence-electron chi connectivity index (χ0n) is 17.9. The Hall–Kier alpha value is 0. The monoisotopic (exact) mass is 324 g/mol. The molecule has 0 saturated carbocycles. The third kappa shape index (κ3) is 14.1. The minimum atomic E-state index is 0.478. The van der Waals surface area contributed by atoms with Crippen molar-refractivity contribution >= 4 is 0 Å². The molecule has 3 atom stereocenters. The smallest absolute Gasteiger partial charge is 0.0380 e. The third-order valence-corrected chi connectivity index (χ3v) is 5.08. The molecule has 0 fully saturated rings. The van der Waals surface area contributed by atoms with Gasteiger partial charge in [-0.2, -0.15) is 0 Å². The maximum Gasteiger partial charge on any atom is -0.0380 e. The molecule has 0 heteroatoms. The topological polar surface area (TPSA) is 0 Å². The van der Waals surface area contributed by atoms with Gasteiger partial charge < -0.3 is 0 Å². The van der Waals surface area contributed by atoms with Crippen molar-refractivity contribution in [3.63, 3.8) is 0 Å². The molecule has 140 valence electrons. The van der Waals surface area contributed by atoms with Gasteiger partial charge >= 0.3 is 0 Å². The quantitative estimate of drug-likeness (QED) is 0.298. The second kappa shape index (κ2) is 12.4. The van der Waals surface area contributed by atoms with Crippen molar-refractivity contribution in [2.75, 3.05) is 0 Å². The van der Waals surface area contributed by atoms with Crippen LogP contribution in [0.25, 0.3) is 0 Å². The third-order valence-electron chi connectivity index (χ3n) is 5.08. The molecule has 23 heavy (non-hydrogen) atoms. The molecule has 0 aromatic heterocycles. The van der Waals surface area contributed by atoms with Crippen LogP contribution >= 0.6 is 0 Å². The summed E-state index contributed by atoms with van der Waals surface area (Å²) in [5.74, 6) is 3.65. The van der Waals surface area contributed by atoms with E-state index in [2.05, 4.69) is 55.4 Å². The summed E-state index contributed by atoms with van der Waals surface area (Å²) in [6.07, 6.45) is 14.3. The Balaban J connectivity index is 4.58. The van der Waals surface area contributed by atoms with Gasteiger partial charge in [0.1, 0.15) is 0 Å². The fourth-order valence-corrected chi connectivity index (χ4v) is 4.60. The summed E-state index contributed by atoms with van der Waals surface area (Å²) < 4.78 is 0. The zero-order chi connectivity index (χ0) is 17.9. The molecule has 0 amide bonds. The fourth-order valence-electron chi connectivity index (χ4n) is 4.60. The molecule has 0 aromatic rings. The average Bonchev–Trinajstić information content (AvgIpc) is 2.35. The van der Waals surface area contributed by atoms with Gasteiger partial charge in [-0.1, -0.05) is 93.9 Å². The van der Waals surface area contributed by atoms with Crippen molar-refractivity contribution in [1.29, 1.82) is 0 Å². The molecule has 0 rings (SSSR count). The molecule has 0 spiro atoms. The summed E-state index contributed by atoms with van der Waals surface area (Å²) in [5.41, 5.74) is 0.478. The van der Waals surface area contributed by atoms with Crippen molar-refractivity contribution in [2.24, 2.45) is 29.1 Å². The van der Waals surface area contributed by atoms with Crippen LogP contribution in [0.2, 0.25) is 0 Å². The molecule has 0 aliphatic carbocycles. The summed E-state index contributed by atoms with van der Waals surface area (Å²) >= 11 is 0. The van der Waals surface area contributed by atoms with Crippen molar-refractivity contribution in [1.82, 2.24) is 0 Å². The second-order valence-corrected chi connectivity index (χ2v) is 9.99. The summed E-state index contributed by atoms with van der Waals surface area (Å²) in [6.45, 7) is 19.2. The van der Waals surface area contributed by atoms with Crippen LogP contribution in [-0.2, 0) is 0 Å². The van der Waals surface area contributed by atoms with Gasteiger partial charge in [-0.05, 0) is 54.8 Å². The minimum absolute atomic E-state index is 0.478. The summed E-state index contributed by atoms with van der Waals surface area (Å²) in [5, 5.41) is 0. The molecular formula is C23H48. The van der Waals surface area contributed by atoms with Crippen LogP contribution in [0, 0.1) is 29.1 Å². The van der Waals surface area contributed by atoms with E-state index in [0.29, 0.717) is 5.41 Å². The average molecular weight is 325 g/mol. The first-order chi connectivity index (χ1) is 10.7.